The molecule has 0 spiro atoms. The van der Waals surface area contributed by atoms with Crippen molar-refractivity contribution in [3.05, 3.63) is 82.1 Å². The number of hydrogen-bond donors (Lipinski definition) is 0. The summed E-state index contributed by atoms with van der Waals surface area (Å²) in [5.74, 6) is 0.524. The molecule has 0 saturated heterocycles. The van der Waals surface area contributed by atoms with Crippen molar-refractivity contribution in [2.45, 2.75) is 0 Å². The minimum atomic E-state index is 0.336. The molecule has 0 bridgehead atoms. The molecule has 22 heavy (non-hydrogen) atoms. The maximum absolute atomic E-state index is 5.90. The van der Waals surface area contributed by atoms with E-state index in [-0.39, 0.29) is 0 Å². The van der Waals surface area contributed by atoms with E-state index in [1.165, 1.54) is 6.07 Å². The van der Waals surface area contributed by atoms with Crippen molar-refractivity contribution in [3.63, 3.8) is 0 Å². The lowest BCUT2D eigenvalue weighted by Gasteiger charge is -2.02. The summed E-state index contributed by atoms with van der Waals surface area (Å²) in [6, 6.07) is 19.6. The zero-order valence-electron chi connectivity index (χ0n) is 11.6. The first-order valence-electron chi connectivity index (χ1n) is 6.74. The first-order valence-corrected chi connectivity index (χ1v) is 7.50. The van der Waals surface area contributed by atoms with Gasteiger partial charge in [-0.25, -0.2) is 9.97 Å². The van der Waals surface area contributed by atoms with Crippen LogP contribution in [0.1, 0.15) is 11.1 Å². The highest BCUT2D eigenvalue weighted by Crippen LogP contribution is 2.21. The number of halogens is 2. The van der Waals surface area contributed by atoms with Crippen LogP contribution in [0.2, 0.25) is 10.3 Å². The molecule has 0 amide bonds. The van der Waals surface area contributed by atoms with E-state index in [0.29, 0.717) is 16.1 Å². The Bertz CT molecular complexity index is 777. The monoisotopic (exact) mass is 326 g/mol. The molecule has 3 rings (SSSR count). The van der Waals surface area contributed by atoms with Crippen molar-refractivity contribution in [2.24, 2.45) is 0 Å². The maximum Gasteiger partial charge on any atom is 0.162 e. The minimum Gasteiger partial charge on any atom is -0.216 e. The fourth-order valence-electron chi connectivity index (χ4n) is 2.02. The number of benzene rings is 2. The third kappa shape index (κ3) is 3.73. The smallest absolute Gasteiger partial charge is 0.162 e. The fourth-order valence-corrected chi connectivity index (χ4v) is 2.44. The Hall–Kier alpha value is -2.16. The summed E-state index contributed by atoms with van der Waals surface area (Å²) in [7, 11) is 0. The molecule has 0 radical (unpaired) electrons. The quantitative estimate of drug-likeness (QED) is 0.461. The molecule has 0 aliphatic rings. The molecule has 108 valence electrons. The van der Waals surface area contributed by atoms with E-state index in [1.807, 2.05) is 42.5 Å². The van der Waals surface area contributed by atoms with E-state index in [1.54, 1.807) is 0 Å². The van der Waals surface area contributed by atoms with Crippen LogP contribution in [0.4, 0.5) is 0 Å². The molecular formula is C18H12Cl2N2. The number of nitrogens with zero attached hydrogens (tertiary/aromatic N) is 2. The van der Waals surface area contributed by atoms with E-state index in [4.69, 9.17) is 23.2 Å². The second kappa shape index (κ2) is 6.73. The number of hydrogen-bond acceptors (Lipinski definition) is 2. The van der Waals surface area contributed by atoms with Crippen molar-refractivity contribution in [3.8, 4) is 11.4 Å². The lowest BCUT2D eigenvalue weighted by molar-refractivity contribution is 1.18. The van der Waals surface area contributed by atoms with Crippen LogP contribution in [-0.4, -0.2) is 9.97 Å². The van der Waals surface area contributed by atoms with Gasteiger partial charge >= 0.3 is 0 Å². The van der Waals surface area contributed by atoms with E-state index < -0.39 is 0 Å². The Morgan fingerprint density at radius 2 is 1.23 bits per heavy atom. The van der Waals surface area contributed by atoms with Crippen LogP contribution in [0.25, 0.3) is 23.5 Å². The van der Waals surface area contributed by atoms with E-state index in [9.17, 15) is 0 Å². The molecule has 0 saturated carbocycles. The Balaban J connectivity index is 1.82. The van der Waals surface area contributed by atoms with Gasteiger partial charge in [0.05, 0.1) is 0 Å². The highest BCUT2D eigenvalue weighted by Gasteiger charge is 2.04. The first kappa shape index (κ1) is 14.8. The Labute approximate surface area is 139 Å². The third-order valence-electron chi connectivity index (χ3n) is 3.10. The molecule has 0 unspecified atom stereocenters. The van der Waals surface area contributed by atoms with Gasteiger partial charge in [-0.05, 0) is 11.1 Å². The molecule has 2 nitrogen and oxygen atoms in total. The second-order valence-corrected chi connectivity index (χ2v) is 5.48. The van der Waals surface area contributed by atoms with Crippen molar-refractivity contribution < 1.29 is 0 Å². The van der Waals surface area contributed by atoms with Gasteiger partial charge in [0.25, 0.3) is 0 Å². The molecule has 0 atom stereocenters. The van der Waals surface area contributed by atoms with E-state index in [2.05, 4.69) is 34.3 Å². The van der Waals surface area contributed by atoms with Gasteiger partial charge in [-0.15, -0.1) is 0 Å². The highest BCUT2D eigenvalue weighted by molar-refractivity contribution is 6.33. The molecule has 0 N–H and O–H groups in total. The summed E-state index contributed by atoms with van der Waals surface area (Å²) in [4.78, 5) is 8.36. The zero-order valence-corrected chi connectivity index (χ0v) is 13.1. The number of rotatable bonds is 3. The Morgan fingerprint density at radius 1 is 0.682 bits per heavy atom. The first-order chi connectivity index (χ1) is 10.7. The molecule has 1 aromatic heterocycles. The van der Waals surface area contributed by atoms with Gasteiger partial charge < -0.3 is 0 Å². The lowest BCUT2D eigenvalue weighted by atomic mass is 10.1. The van der Waals surface area contributed by atoms with Crippen LogP contribution < -0.4 is 0 Å². The Morgan fingerprint density at radius 3 is 1.82 bits per heavy atom. The molecule has 4 heteroatoms. The molecule has 0 aliphatic carbocycles. The van der Waals surface area contributed by atoms with Gasteiger partial charge in [-0.3, -0.25) is 0 Å². The normalized spacial score (nSPS) is 11.0. The van der Waals surface area contributed by atoms with Gasteiger partial charge in [-0.1, -0.05) is 90.0 Å². The van der Waals surface area contributed by atoms with Crippen LogP contribution in [0.3, 0.4) is 0 Å². The average Bonchev–Trinajstić information content (AvgIpc) is 2.53. The predicted molar refractivity (Wildman–Crippen MR) is 92.9 cm³/mol. The summed E-state index contributed by atoms with van der Waals surface area (Å²) in [6.45, 7) is 0. The maximum atomic E-state index is 5.90. The van der Waals surface area contributed by atoms with E-state index in [0.717, 1.165) is 16.7 Å². The van der Waals surface area contributed by atoms with Crippen LogP contribution in [0.5, 0.6) is 0 Å². The van der Waals surface area contributed by atoms with Crippen molar-refractivity contribution in [1.82, 2.24) is 9.97 Å². The predicted octanol–water partition coefficient (Wildman–Crippen LogP) is 5.62. The van der Waals surface area contributed by atoms with Gasteiger partial charge in [0.2, 0.25) is 0 Å². The molecule has 3 aromatic rings. The van der Waals surface area contributed by atoms with Gasteiger partial charge in [0.15, 0.2) is 5.82 Å². The van der Waals surface area contributed by atoms with Gasteiger partial charge in [-0.2, -0.15) is 0 Å². The molecule has 0 aliphatic heterocycles. The summed E-state index contributed by atoms with van der Waals surface area (Å²) >= 11 is 11.8. The SMILES string of the molecule is Clc1cc(Cl)nc(-c2ccc(C=Cc3ccccc3)cc2)n1. The van der Waals surface area contributed by atoms with Crippen LogP contribution >= 0.6 is 23.2 Å². The fraction of sp³-hybridized carbons (Fsp3) is 0. The largest absolute Gasteiger partial charge is 0.216 e. The summed E-state index contributed by atoms with van der Waals surface area (Å²) in [6.07, 6.45) is 4.13. The summed E-state index contributed by atoms with van der Waals surface area (Å²) < 4.78 is 0. The summed E-state index contributed by atoms with van der Waals surface area (Å²) in [5.41, 5.74) is 3.14. The molecular weight excluding hydrogens is 315 g/mol. The molecule has 1 heterocycles. The van der Waals surface area contributed by atoms with Crippen LogP contribution in [-0.2, 0) is 0 Å². The standard InChI is InChI=1S/C18H12Cl2N2/c19-16-12-17(20)22-18(21-16)15-10-8-14(9-11-15)7-6-13-4-2-1-3-5-13/h1-12H. The third-order valence-corrected chi connectivity index (χ3v) is 3.49. The Kier molecular flexibility index (Phi) is 4.52. The summed E-state index contributed by atoms with van der Waals surface area (Å²) in [5, 5.41) is 0.672. The highest BCUT2D eigenvalue weighted by atomic mass is 35.5. The van der Waals surface area contributed by atoms with Gasteiger partial charge in [0, 0.05) is 11.6 Å². The topological polar surface area (TPSA) is 25.8 Å². The van der Waals surface area contributed by atoms with Crippen LogP contribution in [0, 0.1) is 0 Å². The van der Waals surface area contributed by atoms with Crippen molar-refractivity contribution >= 4 is 35.4 Å². The second-order valence-electron chi connectivity index (χ2n) is 4.70. The van der Waals surface area contributed by atoms with Crippen molar-refractivity contribution in [1.29, 1.82) is 0 Å². The van der Waals surface area contributed by atoms with E-state index >= 15 is 0 Å². The molecule has 2 aromatic carbocycles. The number of aromatic nitrogens is 2. The van der Waals surface area contributed by atoms with Crippen molar-refractivity contribution in [2.75, 3.05) is 0 Å². The lowest BCUT2D eigenvalue weighted by Crippen LogP contribution is -1.89. The van der Waals surface area contributed by atoms with Crippen LogP contribution in [0.15, 0.2) is 60.7 Å². The minimum absolute atomic E-state index is 0.336. The molecule has 0 fully saturated rings. The zero-order chi connectivity index (χ0) is 15.4. The van der Waals surface area contributed by atoms with Gasteiger partial charge in [0.1, 0.15) is 10.3 Å². The average molecular weight is 327 g/mol.